The largest absolute Gasteiger partial charge is 0.458 e. The molecule has 2 heterocycles. The van der Waals surface area contributed by atoms with E-state index in [1.807, 2.05) is 67.6 Å². The molecule has 0 atom stereocenters. The Morgan fingerprint density at radius 1 is 1.06 bits per heavy atom. The molecule has 0 aliphatic rings. The van der Waals surface area contributed by atoms with Crippen molar-refractivity contribution in [2.75, 3.05) is 13.2 Å². The van der Waals surface area contributed by atoms with Crippen LogP contribution in [-0.4, -0.2) is 33.8 Å². The van der Waals surface area contributed by atoms with Gasteiger partial charge in [-0.1, -0.05) is 72.0 Å². The molecule has 0 aliphatic carbocycles. The topological polar surface area (TPSA) is 82.8 Å². The first kappa shape index (κ1) is 21.9. The fraction of sp³-hybridized carbons (Fsp3) is 0.250. The zero-order valence-corrected chi connectivity index (χ0v) is 18.5. The van der Waals surface area contributed by atoms with E-state index < -0.39 is 11.9 Å². The number of hydrogen-bond donors (Lipinski definition) is 0. The molecule has 0 aliphatic heterocycles. The van der Waals surface area contributed by atoms with Gasteiger partial charge in [-0.05, 0) is 18.1 Å². The molecule has 2 aromatic carbocycles. The fourth-order valence-electron chi connectivity index (χ4n) is 3.36. The number of fused-ring (bicyclic) bond motifs is 1. The number of ether oxygens (including phenoxy) is 2. The molecule has 0 amide bonds. The van der Waals surface area contributed by atoms with Crippen LogP contribution in [0.25, 0.3) is 4.96 Å². The molecule has 0 spiro atoms. The SMILES string of the molecule is CCOCCc1nn2c(=O)cc(COC(=O)C(c3ccccc3)c3ccccc3)nc2s1. The van der Waals surface area contributed by atoms with Crippen molar-refractivity contribution in [3.8, 4) is 0 Å². The summed E-state index contributed by atoms with van der Waals surface area (Å²) in [5.41, 5.74) is 1.77. The van der Waals surface area contributed by atoms with Gasteiger partial charge in [-0.25, -0.2) is 4.98 Å². The molecular weight excluding hydrogens is 426 g/mol. The van der Waals surface area contributed by atoms with Gasteiger partial charge in [0.2, 0.25) is 4.96 Å². The molecular formula is C24H23N3O4S. The average molecular weight is 450 g/mol. The quantitative estimate of drug-likeness (QED) is 0.287. The van der Waals surface area contributed by atoms with Crippen LogP contribution in [0.3, 0.4) is 0 Å². The van der Waals surface area contributed by atoms with E-state index in [-0.39, 0.29) is 12.2 Å². The molecule has 0 N–H and O–H groups in total. The molecule has 0 bridgehead atoms. The third-order valence-corrected chi connectivity index (χ3v) is 5.84. The second kappa shape index (κ2) is 10.3. The van der Waals surface area contributed by atoms with Gasteiger partial charge in [0.25, 0.3) is 5.56 Å². The molecule has 0 fully saturated rings. The second-order valence-electron chi connectivity index (χ2n) is 7.08. The molecule has 164 valence electrons. The first-order chi connectivity index (χ1) is 15.7. The lowest BCUT2D eigenvalue weighted by atomic mass is 9.91. The standard InChI is InChI=1S/C24H23N3O4S/c1-2-30-14-13-20-26-27-21(28)15-19(25-24(27)32-20)16-31-23(29)22(17-9-5-3-6-10-17)18-11-7-4-8-12-18/h3-12,15,22H,2,13-14,16H2,1H3. The first-order valence-electron chi connectivity index (χ1n) is 10.4. The number of benzene rings is 2. The van der Waals surface area contributed by atoms with E-state index in [4.69, 9.17) is 9.47 Å². The van der Waals surface area contributed by atoms with Crippen LogP contribution in [0.2, 0.25) is 0 Å². The van der Waals surface area contributed by atoms with E-state index in [9.17, 15) is 9.59 Å². The summed E-state index contributed by atoms with van der Waals surface area (Å²) < 4.78 is 12.2. The van der Waals surface area contributed by atoms with Crippen LogP contribution in [0.5, 0.6) is 0 Å². The molecule has 4 aromatic rings. The van der Waals surface area contributed by atoms with Gasteiger partial charge >= 0.3 is 5.97 Å². The van der Waals surface area contributed by atoms with Crippen molar-refractivity contribution in [3.05, 3.63) is 98.9 Å². The Labute approximate surface area is 189 Å². The molecule has 0 unspecified atom stereocenters. The Morgan fingerprint density at radius 3 is 2.34 bits per heavy atom. The van der Waals surface area contributed by atoms with Crippen molar-refractivity contribution in [1.82, 2.24) is 14.6 Å². The van der Waals surface area contributed by atoms with Crippen molar-refractivity contribution < 1.29 is 14.3 Å². The van der Waals surface area contributed by atoms with Gasteiger partial charge < -0.3 is 9.47 Å². The zero-order chi connectivity index (χ0) is 22.3. The lowest BCUT2D eigenvalue weighted by Gasteiger charge is -2.17. The van der Waals surface area contributed by atoms with E-state index in [1.165, 1.54) is 21.9 Å². The van der Waals surface area contributed by atoms with Gasteiger partial charge in [-0.2, -0.15) is 9.61 Å². The van der Waals surface area contributed by atoms with Gasteiger partial charge in [-0.15, -0.1) is 0 Å². The predicted octanol–water partition coefficient (Wildman–Crippen LogP) is 3.61. The smallest absolute Gasteiger partial charge is 0.318 e. The third kappa shape index (κ3) is 5.09. The number of esters is 1. The van der Waals surface area contributed by atoms with Crippen LogP contribution in [0.4, 0.5) is 0 Å². The van der Waals surface area contributed by atoms with Gasteiger partial charge in [0.05, 0.1) is 12.3 Å². The highest BCUT2D eigenvalue weighted by Crippen LogP contribution is 2.26. The summed E-state index contributed by atoms with van der Waals surface area (Å²) in [6, 6.07) is 20.3. The molecule has 4 rings (SSSR count). The molecule has 0 radical (unpaired) electrons. The summed E-state index contributed by atoms with van der Waals surface area (Å²) >= 11 is 1.33. The minimum atomic E-state index is -0.559. The number of aromatic nitrogens is 3. The summed E-state index contributed by atoms with van der Waals surface area (Å²) in [7, 11) is 0. The maximum absolute atomic E-state index is 13.1. The number of carbonyl (C=O) groups is 1. The van der Waals surface area contributed by atoms with E-state index >= 15 is 0 Å². The number of hydrogen-bond acceptors (Lipinski definition) is 7. The molecule has 8 heteroatoms. The summed E-state index contributed by atoms with van der Waals surface area (Å²) in [6.45, 7) is 3.01. The maximum atomic E-state index is 13.1. The molecule has 0 saturated heterocycles. The van der Waals surface area contributed by atoms with Gasteiger partial charge in [-0.3, -0.25) is 9.59 Å². The van der Waals surface area contributed by atoms with Gasteiger partial charge in [0, 0.05) is 19.1 Å². The second-order valence-corrected chi connectivity index (χ2v) is 8.13. The lowest BCUT2D eigenvalue weighted by molar-refractivity contribution is -0.145. The van der Waals surface area contributed by atoms with Crippen LogP contribution >= 0.6 is 11.3 Å². The van der Waals surface area contributed by atoms with Gasteiger partial charge in [0.1, 0.15) is 17.5 Å². The molecule has 2 aromatic heterocycles. The van der Waals surface area contributed by atoms with Crippen molar-refractivity contribution >= 4 is 22.3 Å². The van der Waals surface area contributed by atoms with Crippen molar-refractivity contribution in [3.63, 3.8) is 0 Å². The lowest BCUT2D eigenvalue weighted by Crippen LogP contribution is -2.19. The number of carbonyl (C=O) groups excluding carboxylic acids is 1. The van der Waals surface area contributed by atoms with Gasteiger partial charge in [0.15, 0.2) is 0 Å². The Hall–Kier alpha value is -3.36. The first-order valence-corrected chi connectivity index (χ1v) is 11.2. The maximum Gasteiger partial charge on any atom is 0.318 e. The van der Waals surface area contributed by atoms with Crippen LogP contribution in [0, 0.1) is 0 Å². The van der Waals surface area contributed by atoms with Crippen LogP contribution in [-0.2, 0) is 27.3 Å². The van der Waals surface area contributed by atoms with E-state index in [0.29, 0.717) is 30.3 Å². The fourth-order valence-corrected chi connectivity index (χ4v) is 4.26. The molecule has 0 saturated carbocycles. The number of rotatable bonds is 9. The Kier molecular flexibility index (Phi) is 7.03. The normalized spacial score (nSPS) is 11.2. The van der Waals surface area contributed by atoms with E-state index in [0.717, 1.165) is 16.1 Å². The molecule has 32 heavy (non-hydrogen) atoms. The minimum absolute atomic E-state index is 0.0904. The van der Waals surface area contributed by atoms with Crippen molar-refractivity contribution in [1.29, 1.82) is 0 Å². The van der Waals surface area contributed by atoms with Crippen LogP contribution in [0.1, 0.15) is 34.7 Å². The Bertz CT molecular complexity index is 1200. The highest BCUT2D eigenvalue weighted by atomic mass is 32.1. The average Bonchev–Trinajstić information content (AvgIpc) is 3.23. The monoisotopic (exact) mass is 449 g/mol. The summed E-state index contributed by atoms with van der Waals surface area (Å²) in [5, 5.41) is 5.07. The minimum Gasteiger partial charge on any atom is -0.458 e. The highest BCUT2D eigenvalue weighted by molar-refractivity contribution is 7.16. The summed E-state index contributed by atoms with van der Waals surface area (Å²) in [6.07, 6.45) is 0.613. The summed E-state index contributed by atoms with van der Waals surface area (Å²) in [4.78, 5) is 30.5. The third-order valence-electron chi connectivity index (χ3n) is 4.87. The van der Waals surface area contributed by atoms with E-state index in [2.05, 4.69) is 10.1 Å². The summed E-state index contributed by atoms with van der Waals surface area (Å²) in [5.74, 6) is -0.957. The van der Waals surface area contributed by atoms with Crippen molar-refractivity contribution in [2.24, 2.45) is 0 Å². The van der Waals surface area contributed by atoms with Crippen LogP contribution in [0.15, 0.2) is 71.5 Å². The van der Waals surface area contributed by atoms with Crippen molar-refractivity contribution in [2.45, 2.75) is 25.9 Å². The molecule has 7 nitrogen and oxygen atoms in total. The Balaban J connectivity index is 1.52. The highest BCUT2D eigenvalue weighted by Gasteiger charge is 2.24. The zero-order valence-electron chi connectivity index (χ0n) is 17.6. The number of nitrogens with zero attached hydrogens (tertiary/aromatic N) is 3. The Morgan fingerprint density at radius 2 is 1.72 bits per heavy atom. The van der Waals surface area contributed by atoms with E-state index in [1.54, 1.807) is 0 Å². The predicted molar refractivity (Wildman–Crippen MR) is 122 cm³/mol. The van der Waals surface area contributed by atoms with Crippen LogP contribution < -0.4 is 5.56 Å².